The summed E-state index contributed by atoms with van der Waals surface area (Å²) in [7, 11) is 0. The van der Waals surface area contributed by atoms with Crippen LogP contribution in [0.25, 0.3) is 0 Å². The number of halogens is 1. The standard InChI is InChI=1S/C16H27BrN2Se/c1-13(18-14-8-4-2-5-9-14)16(12-20-17)19-15-10-6-3-7-11-15/h12,14-15,19H,2-11H2,1H3/b16-12+,18-13?. The number of allylic oxidation sites excluding steroid dienone is 1. The Morgan fingerprint density at radius 1 is 1.05 bits per heavy atom. The number of rotatable bonds is 5. The van der Waals surface area contributed by atoms with E-state index in [4.69, 9.17) is 4.99 Å². The van der Waals surface area contributed by atoms with Crippen LogP contribution in [0, 0.1) is 0 Å². The monoisotopic (exact) mass is 406 g/mol. The maximum absolute atomic E-state index is 5.00. The molecule has 0 aromatic rings. The Kier molecular flexibility index (Phi) is 7.69. The van der Waals surface area contributed by atoms with Crippen molar-refractivity contribution < 1.29 is 0 Å². The van der Waals surface area contributed by atoms with Gasteiger partial charge in [-0.25, -0.2) is 0 Å². The predicted octanol–water partition coefficient (Wildman–Crippen LogP) is 4.56. The average molecular weight is 406 g/mol. The van der Waals surface area contributed by atoms with Gasteiger partial charge in [0.05, 0.1) is 0 Å². The van der Waals surface area contributed by atoms with Gasteiger partial charge in [0, 0.05) is 0 Å². The van der Waals surface area contributed by atoms with Gasteiger partial charge >= 0.3 is 137 Å². The molecule has 1 N–H and O–H groups in total. The molecule has 0 radical (unpaired) electrons. The van der Waals surface area contributed by atoms with Crippen molar-refractivity contribution in [3.05, 3.63) is 10.7 Å². The molecule has 2 fully saturated rings. The van der Waals surface area contributed by atoms with Gasteiger partial charge in [-0.05, 0) is 0 Å². The Morgan fingerprint density at radius 3 is 2.25 bits per heavy atom. The van der Waals surface area contributed by atoms with Gasteiger partial charge in [0.2, 0.25) is 0 Å². The van der Waals surface area contributed by atoms with Gasteiger partial charge < -0.3 is 0 Å². The van der Waals surface area contributed by atoms with Gasteiger partial charge in [0.1, 0.15) is 0 Å². The molecule has 0 unspecified atom stereocenters. The van der Waals surface area contributed by atoms with Crippen molar-refractivity contribution in [2.24, 2.45) is 4.99 Å². The summed E-state index contributed by atoms with van der Waals surface area (Å²) in [5.41, 5.74) is 2.52. The first kappa shape index (κ1) is 16.6. The fraction of sp³-hybridized carbons (Fsp3) is 0.812. The molecule has 0 atom stereocenters. The van der Waals surface area contributed by atoms with Crippen LogP contribution in [0.2, 0.25) is 0 Å². The van der Waals surface area contributed by atoms with Crippen molar-refractivity contribution in [1.29, 1.82) is 0 Å². The van der Waals surface area contributed by atoms with Crippen LogP contribution in [0.3, 0.4) is 0 Å². The van der Waals surface area contributed by atoms with E-state index in [9.17, 15) is 0 Å². The van der Waals surface area contributed by atoms with E-state index < -0.39 is 0 Å². The van der Waals surface area contributed by atoms with Crippen molar-refractivity contribution >= 4 is 33.0 Å². The molecule has 4 heteroatoms. The number of nitrogens with zero attached hydrogens (tertiary/aromatic N) is 1. The van der Waals surface area contributed by atoms with Crippen LogP contribution in [0.15, 0.2) is 15.7 Å². The van der Waals surface area contributed by atoms with Crippen LogP contribution in [0.5, 0.6) is 0 Å². The predicted molar refractivity (Wildman–Crippen MR) is 92.8 cm³/mol. The number of nitrogens with one attached hydrogen (secondary N) is 1. The van der Waals surface area contributed by atoms with Gasteiger partial charge in [-0.3, -0.25) is 0 Å². The molecular formula is C16H27BrN2Se. The van der Waals surface area contributed by atoms with Crippen molar-refractivity contribution in [1.82, 2.24) is 5.32 Å². The molecule has 0 spiro atoms. The third-order valence-corrected chi connectivity index (χ3v) is 6.12. The minimum absolute atomic E-state index is 0.382. The van der Waals surface area contributed by atoms with Crippen LogP contribution in [-0.2, 0) is 0 Å². The Bertz CT molecular complexity index is 342. The summed E-state index contributed by atoms with van der Waals surface area (Å²) < 4.78 is 0. The van der Waals surface area contributed by atoms with Gasteiger partial charge in [0.25, 0.3) is 0 Å². The molecular weight excluding hydrogens is 379 g/mol. The molecule has 0 aromatic carbocycles. The summed E-state index contributed by atoms with van der Waals surface area (Å²) in [6, 6.07) is 1.24. The normalized spacial score (nSPS) is 23.9. The van der Waals surface area contributed by atoms with Crippen LogP contribution in [0.1, 0.15) is 71.1 Å². The summed E-state index contributed by atoms with van der Waals surface area (Å²) in [6.07, 6.45) is 13.5. The van der Waals surface area contributed by atoms with Gasteiger partial charge in [-0.2, -0.15) is 0 Å². The third-order valence-electron chi connectivity index (χ3n) is 4.47. The zero-order valence-corrected chi connectivity index (χ0v) is 15.8. The second kappa shape index (κ2) is 9.27. The molecule has 0 heterocycles. The van der Waals surface area contributed by atoms with E-state index in [1.54, 1.807) is 0 Å². The molecule has 2 saturated carbocycles. The number of hydrogen-bond donors (Lipinski definition) is 1. The second-order valence-corrected chi connectivity index (χ2v) is 8.92. The van der Waals surface area contributed by atoms with E-state index in [1.165, 1.54) is 75.6 Å². The molecule has 2 nitrogen and oxygen atoms in total. The van der Waals surface area contributed by atoms with Crippen LogP contribution in [-0.4, -0.2) is 30.9 Å². The molecule has 0 saturated heterocycles. The first-order valence-corrected chi connectivity index (χ1v) is 13.1. The topological polar surface area (TPSA) is 24.4 Å². The average Bonchev–Trinajstić information content (AvgIpc) is 2.49. The molecule has 0 bridgehead atoms. The Labute approximate surface area is 137 Å². The first-order chi connectivity index (χ1) is 9.79. The maximum atomic E-state index is 5.00. The number of hydrogen-bond acceptors (Lipinski definition) is 2. The van der Waals surface area contributed by atoms with Gasteiger partial charge in [0.15, 0.2) is 0 Å². The van der Waals surface area contributed by atoms with Crippen LogP contribution >= 0.6 is 14.1 Å². The van der Waals surface area contributed by atoms with Crippen LogP contribution < -0.4 is 5.32 Å². The second-order valence-electron chi connectivity index (χ2n) is 6.11. The van der Waals surface area contributed by atoms with E-state index in [1.807, 2.05) is 0 Å². The van der Waals surface area contributed by atoms with E-state index in [0.29, 0.717) is 25.2 Å². The molecule has 0 amide bonds. The summed E-state index contributed by atoms with van der Waals surface area (Å²) in [5.74, 6) is 0. The summed E-state index contributed by atoms with van der Waals surface area (Å²) in [6.45, 7) is 2.19. The molecule has 2 rings (SSSR count). The van der Waals surface area contributed by atoms with E-state index >= 15 is 0 Å². The summed E-state index contributed by atoms with van der Waals surface area (Å²) in [4.78, 5) is 7.30. The quantitative estimate of drug-likeness (QED) is 0.526. The number of aliphatic imine (C=N–C) groups is 1. The summed E-state index contributed by atoms with van der Waals surface area (Å²) >= 11 is 3.98. The van der Waals surface area contributed by atoms with Gasteiger partial charge in [-0.1, -0.05) is 0 Å². The zero-order valence-electron chi connectivity index (χ0n) is 12.5. The minimum atomic E-state index is 0.382. The van der Waals surface area contributed by atoms with Crippen molar-refractivity contribution in [2.75, 3.05) is 0 Å². The third kappa shape index (κ3) is 5.54. The fourth-order valence-electron chi connectivity index (χ4n) is 3.29. The van der Waals surface area contributed by atoms with Crippen molar-refractivity contribution in [3.63, 3.8) is 0 Å². The molecule has 0 aliphatic heterocycles. The van der Waals surface area contributed by atoms with Crippen molar-refractivity contribution in [2.45, 2.75) is 83.2 Å². The molecule has 2 aliphatic carbocycles. The Hall–Kier alpha value is 0.209. The molecule has 114 valence electrons. The first-order valence-electron chi connectivity index (χ1n) is 8.08. The van der Waals surface area contributed by atoms with E-state index in [-0.39, 0.29) is 0 Å². The Balaban J connectivity index is 1.95. The fourth-order valence-corrected chi connectivity index (χ4v) is 4.95. The van der Waals surface area contributed by atoms with Crippen molar-refractivity contribution in [3.8, 4) is 0 Å². The molecule has 0 aromatic heterocycles. The SMILES string of the molecule is CC(=NC1CCCCC1)/C(=C\[Se]Br)NC1CCCCC1. The Morgan fingerprint density at radius 2 is 1.65 bits per heavy atom. The molecule has 20 heavy (non-hydrogen) atoms. The van der Waals surface area contributed by atoms with E-state index in [2.05, 4.69) is 31.3 Å². The zero-order chi connectivity index (χ0) is 14.2. The summed E-state index contributed by atoms with van der Waals surface area (Å²) in [5, 5.41) is 3.76. The van der Waals surface area contributed by atoms with Crippen LogP contribution in [0.4, 0.5) is 0 Å². The molecule has 2 aliphatic rings. The van der Waals surface area contributed by atoms with E-state index in [0.717, 1.165) is 0 Å². The van der Waals surface area contributed by atoms with Gasteiger partial charge in [-0.15, -0.1) is 0 Å².